The first-order valence-corrected chi connectivity index (χ1v) is 6.17. The van der Waals surface area contributed by atoms with E-state index < -0.39 is 0 Å². The van der Waals surface area contributed by atoms with Crippen molar-refractivity contribution in [2.75, 3.05) is 13.6 Å². The van der Waals surface area contributed by atoms with Gasteiger partial charge in [-0.1, -0.05) is 6.42 Å². The van der Waals surface area contributed by atoms with Crippen molar-refractivity contribution in [3.8, 4) is 0 Å². The van der Waals surface area contributed by atoms with Crippen LogP contribution in [-0.4, -0.2) is 30.1 Å². The van der Waals surface area contributed by atoms with E-state index in [-0.39, 0.29) is 5.54 Å². The molecule has 2 aliphatic carbocycles. The zero-order chi connectivity index (χ0) is 9.81. The molecule has 1 atom stereocenters. The number of rotatable bonds is 2. The molecule has 14 heavy (non-hydrogen) atoms. The monoisotopic (exact) mass is 194 g/mol. The van der Waals surface area contributed by atoms with Crippen molar-refractivity contribution >= 4 is 0 Å². The maximum atomic E-state index is 6.45. The van der Waals surface area contributed by atoms with E-state index in [0.717, 1.165) is 6.04 Å². The minimum atomic E-state index is 0.253. The molecule has 0 aromatic rings. The molecule has 1 saturated heterocycles. The predicted octanol–water partition coefficient (Wildman–Crippen LogP) is 1.74. The predicted molar refractivity (Wildman–Crippen MR) is 58.1 cm³/mol. The van der Waals surface area contributed by atoms with Gasteiger partial charge in [-0.3, -0.25) is 0 Å². The molecule has 3 rings (SSSR count). The number of likely N-dealkylation sites (tertiary alicyclic amines) is 1. The van der Waals surface area contributed by atoms with Gasteiger partial charge in [-0.05, 0) is 52.1 Å². The van der Waals surface area contributed by atoms with Crippen LogP contribution in [0, 0.1) is 5.41 Å². The second kappa shape index (κ2) is 2.73. The highest BCUT2D eigenvalue weighted by Gasteiger charge is 2.67. The highest BCUT2D eigenvalue weighted by atomic mass is 15.2. The van der Waals surface area contributed by atoms with Crippen LogP contribution in [0.5, 0.6) is 0 Å². The number of hydrogen-bond donors (Lipinski definition) is 1. The Balaban J connectivity index is 1.80. The molecular formula is C12H22N2. The normalized spacial score (nSPS) is 39.4. The van der Waals surface area contributed by atoms with Crippen molar-refractivity contribution in [2.45, 2.75) is 56.5 Å². The molecule has 1 unspecified atom stereocenters. The van der Waals surface area contributed by atoms with Gasteiger partial charge in [-0.15, -0.1) is 0 Å². The first kappa shape index (κ1) is 9.17. The zero-order valence-corrected chi connectivity index (χ0v) is 9.26. The molecule has 0 spiro atoms. The average Bonchev–Trinajstić information content (AvgIpc) is 3.01. The van der Waals surface area contributed by atoms with Crippen LogP contribution >= 0.6 is 0 Å². The van der Waals surface area contributed by atoms with Crippen molar-refractivity contribution < 1.29 is 0 Å². The molecule has 2 heteroatoms. The molecule has 1 heterocycles. The first-order chi connectivity index (χ1) is 6.68. The lowest BCUT2D eigenvalue weighted by Gasteiger charge is -2.41. The van der Waals surface area contributed by atoms with E-state index in [4.69, 9.17) is 5.73 Å². The van der Waals surface area contributed by atoms with Crippen LogP contribution < -0.4 is 5.73 Å². The molecule has 2 saturated carbocycles. The fourth-order valence-electron chi connectivity index (χ4n) is 3.70. The summed E-state index contributed by atoms with van der Waals surface area (Å²) in [5.41, 5.74) is 7.25. The summed E-state index contributed by atoms with van der Waals surface area (Å²) < 4.78 is 0. The van der Waals surface area contributed by atoms with Crippen LogP contribution in [0.4, 0.5) is 0 Å². The fraction of sp³-hybridized carbons (Fsp3) is 1.00. The molecule has 0 bridgehead atoms. The van der Waals surface area contributed by atoms with Crippen molar-refractivity contribution in [1.29, 1.82) is 0 Å². The third-order valence-corrected chi connectivity index (χ3v) is 4.98. The molecule has 2 N–H and O–H groups in total. The van der Waals surface area contributed by atoms with Crippen LogP contribution in [0.3, 0.4) is 0 Å². The SMILES string of the molecule is CN1CCCCC1C1(C2(N)CC2)CC1. The zero-order valence-electron chi connectivity index (χ0n) is 9.26. The molecule has 80 valence electrons. The molecule has 1 aliphatic heterocycles. The van der Waals surface area contributed by atoms with Crippen LogP contribution in [0.1, 0.15) is 44.9 Å². The van der Waals surface area contributed by atoms with E-state index in [1.807, 2.05) is 0 Å². The summed E-state index contributed by atoms with van der Waals surface area (Å²) in [5, 5.41) is 0. The Hall–Kier alpha value is -0.0800. The van der Waals surface area contributed by atoms with E-state index in [1.54, 1.807) is 0 Å². The quantitative estimate of drug-likeness (QED) is 0.725. The smallest absolute Gasteiger partial charge is 0.0227 e. The Morgan fingerprint density at radius 2 is 1.86 bits per heavy atom. The maximum Gasteiger partial charge on any atom is 0.0227 e. The van der Waals surface area contributed by atoms with Gasteiger partial charge in [0.1, 0.15) is 0 Å². The highest BCUT2D eigenvalue weighted by molar-refractivity contribution is 5.23. The molecule has 3 aliphatic rings. The Bertz CT molecular complexity index is 241. The molecule has 3 fully saturated rings. The topological polar surface area (TPSA) is 29.3 Å². The summed E-state index contributed by atoms with van der Waals surface area (Å²) in [6.07, 6.45) is 9.59. The minimum Gasteiger partial charge on any atom is -0.325 e. The second-order valence-electron chi connectivity index (χ2n) is 5.80. The maximum absolute atomic E-state index is 6.45. The molecular weight excluding hydrogens is 172 g/mol. The molecule has 0 radical (unpaired) electrons. The number of nitrogens with two attached hydrogens (primary N) is 1. The van der Waals surface area contributed by atoms with Gasteiger partial charge < -0.3 is 10.6 Å². The second-order valence-corrected chi connectivity index (χ2v) is 5.80. The van der Waals surface area contributed by atoms with Gasteiger partial charge in [0, 0.05) is 17.0 Å². The van der Waals surface area contributed by atoms with Crippen LogP contribution in [0.15, 0.2) is 0 Å². The van der Waals surface area contributed by atoms with Crippen molar-refractivity contribution in [3.63, 3.8) is 0 Å². The summed E-state index contributed by atoms with van der Waals surface area (Å²) in [6.45, 7) is 1.29. The van der Waals surface area contributed by atoms with Crippen LogP contribution in [0.2, 0.25) is 0 Å². The fourth-order valence-corrected chi connectivity index (χ4v) is 3.70. The summed E-state index contributed by atoms with van der Waals surface area (Å²) in [6, 6.07) is 0.809. The van der Waals surface area contributed by atoms with Gasteiger partial charge in [-0.2, -0.15) is 0 Å². The van der Waals surface area contributed by atoms with Crippen molar-refractivity contribution in [2.24, 2.45) is 11.1 Å². The molecule has 0 aromatic heterocycles. The van der Waals surface area contributed by atoms with E-state index >= 15 is 0 Å². The van der Waals surface area contributed by atoms with Gasteiger partial charge in [0.25, 0.3) is 0 Å². The third kappa shape index (κ3) is 1.10. The minimum absolute atomic E-state index is 0.253. The van der Waals surface area contributed by atoms with Crippen molar-refractivity contribution in [3.05, 3.63) is 0 Å². The molecule has 2 nitrogen and oxygen atoms in total. The van der Waals surface area contributed by atoms with Crippen molar-refractivity contribution in [1.82, 2.24) is 4.90 Å². The lowest BCUT2D eigenvalue weighted by Crippen LogP contribution is -2.51. The molecule has 0 amide bonds. The van der Waals surface area contributed by atoms with Gasteiger partial charge >= 0.3 is 0 Å². The molecule has 0 aromatic carbocycles. The Labute approximate surface area is 86.8 Å². The van der Waals surface area contributed by atoms with E-state index in [2.05, 4.69) is 11.9 Å². The van der Waals surface area contributed by atoms with E-state index in [1.165, 1.54) is 51.5 Å². The summed E-state index contributed by atoms with van der Waals surface area (Å²) >= 11 is 0. The average molecular weight is 194 g/mol. The Kier molecular flexibility index (Phi) is 1.79. The lowest BCUT2D eigenvalue weighted by molar-refractivity contribution is 0.0932. The van der Waals surface area contributed by atoms with Crippen LogP contribution in [-0.2, 0) is 0 Å². The largest absolute Gasteiger partial charge is 0.325 e. The van der Waals surface area contributed by atoms with E-state index in [9.17, 15) is 0 Å². The number of hydrogen-bond acceptors (Lipinski definition) is 2. The van der Waals surface area contributed by atoms with Crippen LogP contribution in [0.25, 0.3) is 0 Å². The summed E-state index contributed by atoms with van der Waals surface area (Å²) in [7, 11) is 2.30. The third-order valence-electron chi connectivity index (χ3n) is 4.98. The standard InChI is InChI=1S/C12H22N2/c1-14-9-3-2-4-10(14)11(5-6-11)12(13)7-8-12/h10H,2-9,13H2,1H3. The Morgan fingerprint density at radius 1 is 1.14 bits per heavy atom. The van der Waals surface area contributed by atoms with E-state index in [0.29, 0.717) is 5.41 Å². The summed E-state index contributed by atoms with van der Waals surface area (Å²) in [4.78, 5) is 2.59. The first-order valence-electron chi connectivity index (χ1n) is 6.17. The van der Waals surface area contributed by atoms with Gasteiger partial charge in [0.15, 0.2) is 0 Å². The number of nitrogens with zero attached hydrogens (tertiary/aromatic N) is 1. The van der Waals surface area contributed by atoms with Gasteiger partial charge in [0.2, 0.25) is 0 Å². The lowest BCUT2D eigenvalue weighted by atomic mass is 9.81. The summed E-state index contributed by atoms with van der Waals surface area (Å²) in [5.74, 6) is 0. The Morgan fingerprint density at radius 3 is 2.36 bits per heavy atom. The van der Waals surface area contributed by atoms with Gasteiger partial charge in [-0.25, -0.2) is 0 Å². The highest BCUT2D eigenvalue weighted by Crippen LogP contribution is 2.66. The van der Waals surface area contributed by atoms with Gasteiger partial charge in [0.05, 0.1) is 0 Å². The number of piperidine rings is 1.